The smallest absolute Gasteiger partial charge is 0.266 e. The Morgan fingerprint density at radius 1 is 1.22 bits per heavy atom. The first-order valence-corrected chi connectivity index (χ1v) is 9.78. The normalized spacial score (nSPS) is 15.4. The molecular weight excluding hydrogens is 358 g/mol. The summed E-state index contributed by atoms with van der Waals surface area (Å²) in [7, 11) is 0. The molecule has 0 N–H and O–H groups in total. The van der Waals surface area contributed by atoms with E-state index in [2.05, 4.69) is 6.07 Å². The number of aryl methyl sites for hydroxylation is 2. The molecule has 6 heteroatoms. The molecule has 1 aliphatic heterocycles. The molecule has 1 fully saturated rings. The Labute approximate surface area is 163 Å². The average molecular weight is 379 g/mol. The van der Waals surface area contributed by atoms with Crippen LogP contribution >= 0.6 is 11.8 Å². The number of rotatable bonds is 4. The van der Waals surface area contributed by atoms with Gasteiger partial charge in [-0.2, -0.15) is 5.26 Å². The molecule has 3 rings (SSSR count). The Kier molecular flexibility index (Phi) is 6.15. The summed E-state index contributed by atoms with van der Waals surface area (Å²) in [5.74, 6) is 1.40. The zero-order valence-electron chi connectivity index (χ0n) is 15.4. The SMILES string of the molecule is Cc1cccc(C)c1N=C1SCCCN1C(=O)COc1ccc(C#N)cc1. The summed E-state index contributed by atoms with van der Waals surface area (Å²) in [5.41, 5.74) is 3.67. The highest BCUT2D eigenvalue weighted by molar-refractivity contribution is 8.13. The summed E-state index contributed by atoms with van der Waals surface area (Å²) in [6.45, 7) is 4.64. The van der Waals surface area contributed by atoms with Crippen LogP contribution < -0.4 is 4.74 Å². The minimum atomic E-state index is -0.114. The van der Waals surface area contributed by atoms with Crippen molar-refractivity contribution in [1.82, 2.24) is 4.90 Å². The van der Waals surface area contributed by atoms with Crippen LogP contribution in [0.4, 0.5) is 5.69 Å². The first kappa shape index (κ1) is 19.0. The summed E-state index contributed by atoms with van der Waals surface area (Å²) in [5, 5.41) is 9.57. The molecule has 1 amide bonds. The van der Waals surface area contributed by atoms with Crippen LogP contribution in [0.1, 0.15) is 23.1 Å². The van der Waals surface area contributed by atoms with Crippen LogP contribution in [0.3, 0.4) is 0 Å². The Morgan fingerprint density at radius 2 is 1.93 bits per heavy atom. The van der Waals surface area contributed by atoms with E-state index < -0.39 is 0 Å². The summed E-state index contributed by atoms with van der Waals surface area (Å²) < 4.78 is 5.60. The third-order valence-electron chi connectivity index (χ3n) is 4.28. The van der Waals surface area contributed by atoms with Gasteiger partial charge in [-0.3, -0.25) is 9.69 Å². The van der Waals surface area contributed by atoms with Crippen molar-refractivity contribution in [3.05, 3.63) is 59.2 Å². The molecule has 0 aliphatic carbocycles. The quantitative estimate of drug-likeness (QED) is 0.798. The van der Waals surface area contributed by atoms with Crippen molar-refractivity contribution >= 4 is 28.5 Å². The highest BCUT2D eigenvalue weighted by Gasteiger charge is 2.24. The number of benzene rings is 2. The van der Waals surface area contributed by atoms with Crippen molar-refractivity contribution in [2.75, 3.05) is 18.9 Å². The van der Waals surface area contributed by atoms with E-state index >= 15 is 0 Å². The van der Waals surface area contributed by atoms with Gasteiger partial charge in [0.1, 0.15) is 5.75 Å². The molecule has 1 saturated heterocycles. The number of carbonyl (C=O) groups is 1. The van der Waals surface area contributed by atoms with E-state index in [1.807, 2.05) is 32.0 Å². The minimum Gasteiger partial charge on any atom is -0.484 e. The van der Waals surface area contributed by atoms with Crippen LogP contribution in [0.5, 0.6) is 5.75 Å². The maximum absolute atomic E-state index is 12.7. The number of para-hydroxylation sites is 1. The number of ether oxygens (including phenoxy) is 1. The molecule has 0 unspecified atom stereocenters. The van der Waals surface area contributed by atoms with Gasteiger partial charge in [0.2, 0.25) is 0 Å². The van der Waals surface area contributed by atoms with E-state index in [0.717, 1.165) is 34.2 Å². The van der Waals surface area contributed by atoms with Crippen LogP contribution in [0.2, 0.25) is 0 Å². The van der Waals surface area contributed by atoms with Crippen LogP contribution in [-0.2, 0) is 4.79 Å². The molecule has 0 aromatic heterocycles. The van der Waals surface area contributed by atoms with E-state index in [4.69, 9.17) is 15.0 Å². The zero-order chi connectivity index (χ0) is 19.2. The molecule has 0 bridgehead atoms. The average Bonchev–Trinajstić information content (AvgIpc) is 2.70. The number of nitriles is 1. The monoisotopic (exact) mass is 379 g/mol. The highest BCUT2D eigenvalue weighted by Crippen LogP contribution is 2.27. The van der Waals surface area contributed by atoms with Crippen molar-refractivity contribution in [3.8, 4) is 11.8 Å². The number of hydrogen-bond acceptors (Lipinski definition) is 5. The maximum atomic E-state index is 12.7. The molecular formula is C21H21N3O2S. The topological polar surface area (TPSA) is 65.7 Å². The molecule has 138 valence electrons. The third kappa shape index (κ3) is 4.69. The standard InChI is InChI=1S/C21H21N3O2S/c1-15-5-3-6-16(2)20(15)23-21-24(11-4-12-27-21)19(25)14-26-18-9-7-17(13-22)8-10-18/h3,5-10H,4,11-12,14H2,1-2H3. The van der Waals surface area contributed by atoms with Crippen LogP contribution in [0, 0.1) is 25.2 Å². The van der Waals surface area contributed by atoms with Gasteiger partial charge in [-0.15, -0.1) is 0 Å². The number of thioether (sulfide) groups is 1. The van der Waals surface area contributed by atoms with Gasteiger partial charge in [0, 0.05) is 12.3 Å². The summed E-state index contributed by atoms with van der Waals surface area (Å²) in [6, 6.07) is 14.9. The first-order chi connectivity index (χ1) is 13.1. The van der Waals surface area contributed by atoms with E-state index in [-0.39, 0.29) is 12.5 Å². The van der Waals surface area contributed by atoms with Crippen molar-refractivity contribution in [2.45, 2.75) is 20.3 Å². The van der Waals surface area contributed by atoms with Crippen LogP contribution in [0.25, 0.3) is 0 Å². The summed E-state index contributed by atoms with van der Waals surface area (Å²) >= 11 is 1.60. The summed E-state index contributed by atoms with van der Waals surface area (Å²) in [6.07, 6.45) is 0.930. The molecule has 0 saturated carbocycles. The van der Waals surface area contributed by atoms with Crippen molar-refractivity contribution < 1.29 is 9.53 Å². The number of amidine groups is 1. The highest BCUT2D eigenvalue weighted by atomic mass is 32.2. The predicted molar refractivity (Wildman–Crippen MR) is 108 cm³/mol. The lowest BCUT2D eigenvalue weighted by molar-refractivity contribution is -0.129. The molecule has 0 spiro atoms. The lowest BCUT2D eigenvalue weighted by atomic mass is 10.1. The maximum Gasteiger partial charge on any atom is 0.266 e. The van der Waals surface area contributed by atoms with Gasteiger partial charge < -0.3 is 4.74 Å². The van der Waals surface area contributed by atoms with E-state index in [0.29, 0.717) is 17.9 Å². The molecule has 5 nitrogen and oxygen atoms in total. The third-order valence-corrected chi connectivity index (χ3v) is 5.34. The van der Waals surface area contributed by atoms with Gasteiger partial charge in [0.15, 0.2) is 11.8 Å². The zero-order valence-corrected chi connectivity index (χ0v) is 16.3. The number of hydrogen-bond donors (Lipinski definition) is 0. The first-order valence-electron chi connectivity index (χ1n) is 8.79. The molecule has 27 heavy (non-hydrogen) atoms. The number of aliphatic imine (C=N–C) groups is 1. The van der Waals surface area contributed by atoms with E-state index in [9.17, 15) is 4.79 Å². The second-order valence-corrected chi connectivity index (χ2v) is 7.37. The van der Waals surface area contributed by atoms with Gasteiger partial charge in [0.05, 0.1) is 17.3 Å². The van der Waals surface area contributed by atoms with Crippen LogP contribution in [0.15, 0.2) is 47.5 Å². The second-order valence-electron chi connectivity index (χ2n) is 6.31. The molecule has 2 aromatic rings. The van der Waals surface area contributed by atoms with Gasteiger partial charge in [-0.05, 0) is 55.7 Å². The number of nitrogens with zero attached hydrogens (tertiary/aromatic N) is 3. The second kappa shape index (κ2) is 8.74. The predicted octanol–water partition coefficient (Wildman–Crippen LogP) is 4.21. The number of amides is 1. The van der Waals surface area contributed by atoms with Crippen molar-refractivity contribution in [3.63, 3.8) is 0 Å². The van der Waals surface area contributed by atoms with E-state index in [1.54, 1.807) is 40.9 Å². The minimum absolute atomic E-state index is 0.0573. The fraction of sp³-hybridized carbons (Fsp3) is 0.286. The van der Waals surface area contributed by atoms with E-state index in [1.165, 1.54) is 0 Å². The lowest BCUT2D eigenvalue weighted by Gasteiger charge is -2.28. The van der Waals surface area contributed by atoms with Gasteiger partial charge >= 0.3 is 0 Å². The Hall–Kier alpha value is -2.78. The molecule has 0 radical (unpaired) electrons. The molecule has 1 aliphatic rings. The summed E-state index contributed by atoms with van der Waals surface area (Å²) in [4.78, 5) is 19.2. The fourth-order valence-electron chi connectivity index (χ4n) is 2.81. The van der Waals surface area contributed by atoms with Gasteiger partial charge in [-0.1, -0.05) is 30.0 Å². The fourth-order valence-corrected chi connectivity index (χ4v) is 3.77. The van der Waals surface area contributed by atoms with Gasteiger partial charge in [-0.25, -0.2) is 4.99 Å². The largest absolute Gasteiger partial charge is 0.484 e. The van der Waals surface area contributed by atoms with Gasteiger partial charge in [0.25, 0.3) is 5.91 Å². The molecule has 2 aromatic carbocycles. The van der Waals surface area contributed by atoms with Crippen LogP contribution in [-0.4, -0.2) is 34.9 Å². The molecule has 0 atom stereocenters. The van der Waals surface area contributed by atoms with Crippen molar-refractivity contribution in [2.24, 2.45) is 4.99 Å². The molecule has 1 heterocycles. The Bertz CT molecular complexity index is 880. The Morgan fingerprint density at radius 3 is 2.59 bits per heavy atom. The van der Waals surface area contributed by atoms with Crippen molar-refractivity contribution in [1.29, 1.82) is 5.26 Å². The lowest BCUT2D eigenvalue weighted by Crippen LogP contribution is -2.41. The number of carbonyl (C=O) groups excluding carboxylic acids is 1. The Balaban J connectivity index is 1.73.